The van der Waals surface area contributed by atoms with Crippen LogP contribution in [0.3, 0.4) is 0 Å². The summed E-state index contributed by atoms with van der Waals surface area (Å²) in [7, 11) is -2.84. The molecule has 0 bridgehead atoms. The Morgan fingerprint density at radius 1 is 1.37 bits per heavy atom. The summed E-state index contributed by atoms with van der Waals surface area (Å²) in [6, 6.07) is 8.96. The number of sulfone groups is 1. The molecule has 106 valence electrons. The number of hydrogen-bond donors (Lipinski definition) is 1. The Bertz CT molecular complexity index is 525. The monoisotopic (exact) mass is 281 g/mol. The molecule has 0 heterocycles. The van der Waals surface area contributed by atoms with Crippen LogP contribution in [-0.4, -0.2) is 33.0 Å². The highest BCUT2D eigenvalue weighted by atomic mass is 32.2. The zero-order chi connectivity index (χ0) is 13.9. The highest BCUT2D eigenvalue weighted by Gasteiger charge is 2.31. The van der Waals surface area contributed by atoms with Gasteiger partial charge in [-0.3, -0.25) is 0 Å². The Morgan fingerprint density at radius 2 is 2.11 bits per heavy atom. The van der Waals surface area contributed by atoms with Crippen LogP contribution >= 0.6 is 0 Å². The molecule has 2 unspecified atom stereocenters. The maximum absolute atomic E-state index is 11.2. The predicted molar refractivity (Wildman–Crippen MR) is 79.3 cm³/mol. The zero-order valence-electron chi connectivity index (χ0n) is 11.7. The van der Waals surface area contributed by atoms with Gasteiger partial charge in [0.1, 0.15) is 9.84 Å². The van der Waals surface area contributed by atoms with Crippen molar-refractivity contribution in [2.24, 2.45) is 0 Å². The second-order valence-electron chi connectivity index (χ2n) is 5.45. The lowest BCUT2D eigenvalue weighted by Gasteiger charge is -2.37. The lowest BCUT2D eigenvalue weighted by molar-refractivity contribution is 0.383. The molecule has 0 saturated heterocycles. The van der Waals surface area contributed by atoms with E-state index in [0.717, 1.165) is 25.8 Å². The third kappa shape index (κ3) is 3.80. The van der Waals surface area contributed by atoms with Crippen LogP contribution in [-0.2, 0) is 16.3 Å². The summed E-state index contributed by atoms with van der Waals surface area (Å²) in [5.74, 6) is 0.846. The van der Waals surface area contributed by atoms with Crippen LogP contribution in [0.4, 0.5) is 0 Å². The topological polar surface area (TPSA) is 46.2 Å². The Kier molecular flexibility index (Phi) is 4.63. The molecule has 4 heteroatoms. The van der Waals surface area contributed by atoms with Crippen molar-refractivity contribution in [2.45, 2.75) is 38.1 Å². The van der Waals surface area contributed by atoms with Crippen molar-refractivity contribution in [3.63, 3.8) is 0 Å². The number of benzene rings is 1. The lowest BCUT2D eigenvalue weighted by Crippen LogP contribution is -2.40. The molecular formula is C15H23NO2S. The smallest absolute Gasteiger partial charge is 0.147 e. The first kappa shape index (κ1) is 14.5. The summed E-state index contributed by atoms with van der Waals surface area (Å²) in [4.78, 5) is 0. The van der Waals surface area contributed by atoms with Gasteiger partial charge in [0.2, 0.25) is 0 Å². The van der Waals surface area contributed by atoms with E-state index in [1.165, 1.54) is 17.4 Å². The van der Waals surface area contributed by atoms with Crippen molar-refractivity contribution in [1.29, 1.82) is 0 Å². The van der Waals surface area contributed by atoms with Crippen LogP contribution in [0.2, 0.25) is 0 Å². The molecule has 1 aliphatic carbocycles. The molecule has 0 fully saturated rings. The van der Waals surface area contributed by atoms with Gasteiger partial charge in [0.15, 0.2) is 0 Å². The highest BCUT2D eigenvalue weighted by molar-refractivity contribution is 7.90. The van der Waals surface area contributed by atoms with Gasteiger partial charge >= 0.3 is 0 Å². The maximum atomic E-state index is 11.2. The van der Waals surface area contributed by atoms with Gasteiger partial charge in [-0.05, 0) is 36.9 Å². The molecule has 0 aromatic heterocycles. The summed E-state index contributed by atoms with van der Waals surface area (Å²) in [5, 5.41) is 3.52. The number of nitrogens with one attached hydrogen (secondary N) is 1. The molecule has 1 aliphatic rings. The van der Waals surface area contributed by atoms with E-state index in [4.69, 9.17) is 0 Å². The first-order valence-electron chi connectivity index (χ1n) is 7.00. The van der Waals surface area contributed by atoms with Crippen molar-refractivity contribution in [2.75, 3.05) is 18.6 Å². The fourth-order valence-corrected chi connectivity index (χ4v) is 3.62. The number of hydrogen-bond acceptors (Lipinski definition) is 3. The Labute approximate surface area is 116 Å². The van der Waals surface area contributed by atoms with Gasteiger partial charge in [-0.25, -0.2) is 8.42 Å². The Hall–Kier alpha value is -0.870. The van der Waals surface area contributed by atoms with Crippen LogP contribution in [0, 0.1) is 0 Å². The van der Waals surface area contributed by atoms with Gasteiger partial charge in [-0.1, -0.05) is 31.2 Å². The highest BCUT2D eigenvalue weighted by Crippen LogP contribution is 2.38. The molecule has 0 saturated carbocycles. The fourth-order valence-electron chi connectivity index (χ4n) is 2.93. The molecule has 0 spiro atoms. The second kappa shape index (κ2) is 6.06. The van der Waals surface area contributed by atoms with Gasteiger partial charge in [0.25, 0.3) is 0 Å². The van der Waals surface area contributed by atoms with Crippen LogP contribution in [0.1, 0.15) is 36.8 Å². The summed E-state index contributed by atoms with van der Waals surface area (Å²) < 4.78 is 22.4. The first-order chi connectivity index (χ1) is 9.01. The largest absolute Gasteiger partial charge is 0.314 e. The zero-order valence-corrected chi connectivity index (χ0v) is 12.5. The van der Waals surface area contributed by atoms with Gasteiger partial charge < -0.3 is 5.32 Å². The van der Waals surface area contributed by atoms with Crippen molar-refractivity contribution < 1.29 is 8.42 Å². The molecule has 0 radical (unpaired) electrons. The fraction of sp³-hybridized carbons (Fsp3) is 0.600. The summed E-state index contributed by atoms with van der Waals surface area (Å²) in [6.07, 6.45) is 4.11. The third-order valence-corrected chi connectivity index (χ3v) is 4.91. The average Bonchev–Trinajstić information content (AvgIpc) is 2.29. The molecule has 0 amide bonds. The van der Waals surface area contributed by atoms with Crippen LogP contribution in [0.5, 0.6) is 0 Å². The lowest BCUT2D eigenvalue weighted by atomic mass is 9.72. The van der Waals surface area contributed by atoms with E-state index >= 15 is 0 Å². The van der Waals surface area contributed by atoms with Gasteiger partial charge in [-0.15, -0.1) is 0 Å². The van der Waals surface area contributed by atoms with Crippen molar-refractivity contribution in [3.05, 3.63) is 35.4 Å². The number of likely N-dealkylation sites (N-methyl/N-ethyl adjacent to an activating group) is 1. The minimum Gasteiger partial charge on any atom is -0.314 e. The Balaban J connectivity index is 1.95. The first-order valence-corrected chi connectivity index (χ1v) is 9.06. The Morgan fingerprint density at radius 3 is 2.74 bits per heavy atom. The standard InChI is InChI=1S/C15H23NO2S/c1-3-16-15(9-6-10-19(2,17)18)14-11-12-7-4-5-8-13(12)14/h4-5,7-8,14-16H,3,6,9-11H2,1-2H3. The summed E-state index contributed by atoms with van der Waals surface area (Å²) in [6.45, 7) is 3.04. The summed E-state index contributed by atoms with van der Waals surface area (Å²) >= 11 is 0. The maximum Gasteiger partial charge on any atom is 0.147 e. The molecular weight excluding hydrogens is 258 g/mol. The van der Waals surface area contributed by atoms with Gasteiger partial charge in [0, 0.05) is 24.0 Å². The average molecular weight is 281 g/mol. The van der Waals surface area contributed by atoms with E-state index < -0.39 is 9.84 Å². The van der Waals surface area contributed by atoms with Crippen molar-refractivity contribution in [3.8, 4) is 0 Å². The predicted octanol–water partition coefficient (Wildman–Crippen LogP) is 2.13. The third-order valence-electron chi connectivity index (χ3n) is 3.88. The van der Waals surface area contributed by atoms with Crippen molar-refractivity contribution >= 4 is 9.84 Å². The minimum atomic E-state index is -2.84. The van der Waals surface area contributed by atoms with Crippen molar-refractivity contribution in [1.82, 2.24) is 5.32 Å². The normalized spacial score (nSPS) is 19.6. The van der Waals surface area contributed by atoms with Crippen LogP contribution in [0.25, 0.3) is 0 Å². The quantitative estimate of drug-likeness (QED) is 0.833. The van der Waals surface area contributed by atoms with Crippen LogP contribution in [0.15, 0.2) is 24.3 Å². The number of fused-ring (bicyclic) bond motifs is 1. The molecule has 19 heavy (non-hydrogen) atoms. The summed E-state index contributed by atoms with van der Waals surface area (Å²) in [5.41, 5.74) is 2.88. The van der Waals surface area contributed by atoms with Gasteiger partial charge in [0.05, 0.1) is 0 Å². The molecule has 2 rings (SSSR count). The van der Waals surface area contributed by atoms with E-state index in [1.807, 2.05) is 0 Å². The molecule has 1 aromatic carbocycles. The molecule has 2 atom stereocenters. The SMILES string of the molecule is CCNC(CCCS(C)(=O)=O)C1Cc2ccccc21. The molecule has 0 aliphatic heterocycles. The van der Waals surface area contributed by atoms with E-state index in [-0.39, 0.29) is 0 Å². The van der Waals surface area contributed by atoms with E-state index in [9.17, 15) is 8.42 Å². The van der Waals surface area contributed by atoms with Crippen LogP contribution < -0.4 is 5.32 Å². The van der Waals surface area contributed by atoms with E-state index in [2.05, 4.69) is 36.5 Å². The molecule has 3 nitrogen and oxygen atoms in total. The molecule has 1 N–H and O–H groups in total. The minimum absolute atomic E-state index is 0.295. The van der Waals surface area contributed by atoms with E-state index in [0.29, 0.717) is 17.7 Å². The molecule has 1 aromatic rings. The second-order valence-corrected chi connectivity index (χ2v) is 7.71. The number of rotatable bonds is 7. The van der Waals surface area contributed by atoms with E-state index in [1.54, 1.807) is 0 Å². The van der Waals surface area contributed by atoms with Gasteiger partial charge in [-0.2, -0.15) is 0 Å².